The maximum atomic E-state index is 10.0. The molecule has 3 nitrogen and oxygen atoms in total. The monoisotopic (exact) mass is 249 g/mol. The van der Waals surface area contributed by atoms with Gasteiger partial charge in [-0.2, -0.15) is 0 Å². The van der Waals surface area contributed by atoms with Crippen LogP contribution in [0.3, 0.4) is 0 Å². The Morgan fingerprint density at radius 1 is 1.28 bits per heavy atom. The molecular weight excluding hydrogens is 226 g/mol. The van der Waals surface area contributed by atoms with E-state index in [0.29, 0.717) is 0 Å². The third-order valence-electron chi connectivity index (χ3n) is 3.59. The first-order valence-corrected chi connectivity index (χ1v) is 6.87. The zero-order valence-electron chi connectivity index (χ0n) is 11.0. The van der Waals surface area contributed by atoms with Crippen molar-refractivity contribution in [2.75, 3.05) is 0 Å². The second-order valence-corrected chi connectivity index (χ2v) is 5.22. The van der Waals surface area contributed by atoms with Crippen LogP contribution in [0.4, 0.5) is 0 Å². The maximum Gasteiger partial charge on any atom is 0.124 e. The molecule has 3 N–H and O–H groups in total. The van der Waals surface area contributed by atoms with Crippen LogP contribution in [0.5, 0.6) is 5.75 Å². The van der Waals surface area contributed by atoms with Gasteiger partial charge in [0.2, 0.25) is 0 Å². The summed E-state index contributed by atoms with van der Waals surface area (Å²) in [6, 6.07) is 7.87. The van der Waals surface area contributed by atoms with E-state index in [-0.39, 0.29) is 18.2 Å². The Morgan fingerprint density at radius 3 is 2.83 bits per heavy atom. The quantitative estimate of drug-likeness (QED) is 0.810. The van der Waals surface area contributed by atoms with Gasteiger partial charge >= 0.3 is 0 Å². The second kappa shape index (κ2) is 6.21. The fraction of sp³-hybridized carbons (Fsp3) is 0.600. The van der Waals surface area contributed by atoms with E-state index in [2.05, 4.69) is 0 Å². The molecule has 1 aromatic rings. The highest BCUT2D eigenvalue weighted by Crippen LogP contribution is 2.24. The molecule has 0 aromatic heterocycles. The van der Waals surface area contributed by atoms with Crippen LogP contribution >= 0.6 is 0 Å². The summed E-state index contributed by atoms with van der Waals surface area (Å²) in [7, 11) is 0. The largest absolute Gasteiger partial charge is 0.488 e. The highest BCUT2D eigenvalue weighted by Gasteiger charge is 2.23. The van der Waals surface area contributed by atoms with E-state index in [9.17, 15) is 5.11 Å². The highest BCUT2D eigenvalue weighted by molar-refractivity contribution is 5.30. The number of benzene rings is 1. The van der Waals surface area contributed by atoms with Gasteiger partial charge in [-0.05, 0) is 43.9 Å². The lowest BCUT2D eigenvalue weighted by Crippen LogP contribution is -2.30. The first kappa shape index (κ1) is 13.4. The smallest absolute Gasteiger partial charge is 0.124 e. The summed E-state index contributed by atoms with van der Waals surface area (Å²) in [6.45, 7) is 1.96. The van der Waals surface area contributed by atoms with Crippen LogP contribution in [0.2, 0.25) is 0 Å². The number of hydrogen-bond acceptors (Lipinski definition) is 3. The van der Waals surface area contributed by atoms with Gasteiger partial charge in [0.15, 0.2) is 0 Å². The van der Waals surface area contributed by atoms with Gasteiger partial charge in [-0.3, -0.25) is 0 Å². The van der Waals surface area contributed by atoms with Gasteiger partial charge in [0, 0.05) is 6.04 Å². The minimum atomic E-state index is -0.341. The first-order chi connectivity index (χ1) is 8.66. The Labute approximate surface area is 109 Å². The Bertz CT molecular complexity index is 379. The third-order valence-corrected chi connectivity index (χ3v) is 3.59. The van der Waals surface area contributed by atoms with E-state index >= 15 is 0 Å². The molecule has 0 aliphatic heterocycles. The lowest BCUT2D eigenvalue weighted by molar-refractivity contribution is 0.0319. The normalized spacial score (nSPS) is 26.4. The summed E-state index contributed by atoms with van der Waals surface area (Å²) in [6.07, 6.45) is 4.79. The minimum Gasteiger partial charge on any atom is -0.488 e. The molecule has 0 bridgehead atoms. The Morgan fingerprint density at radius 2 is 2.06 bits per heavy atom. The van der Waals surface area contributed by atoms with E-state index in [1.165, 1.54) is 6.42 Å². The molecule has 1 aliphatic rings. The summed E-state index contributed by atoms with van der Waals surface area (Å²) in [4.78, 5) is 0. The van der Waals surface area contributed by atoms with Crippen LogP contribution in [0.1, 0.15) is 50.6 Å². The lowest BCUT2D eigenvalue weighted by Gasteiger charge is -2.22. The van der Waals surface area contributed by atoms with Crippen molar-refractivity contribution in [3.8, 4) is 5.75 Å². The maximum absolute atomic E-state index is 10.0. The third kappa shape index (κ3) is 3.47. The van der Waals surface area contributed by atoms with E-state index in [0.717, 1.165) is 37.0 Å². The van der Waals surface area contributed by atoms with Crippen LogP contribution < -0.4 is 10.5 Å². The average Bonchev–Trinajstić information content (AvgIpc) is 2.55. The van der Waals surface area contributed by atoms with Crippen molar-refractivity contribution in [2.24, 2.45) is 5.73 Å². The van der Waals surface area contributed by atoms with E-state index in [4.69, 9.17) is 10.5 Å². The number of nitrogens with two attached hydrogens (primary N) is 1. The van der Waals surface area contributed by atoms with Crippen molar-refractivity contribution in [3.63, 3.8) is 0 Å². The van der Waals surface area contributed by atoms with Crippen LogP contribution in [-0.4, -0.2) is 17.3 Å². The van der Waals surface area contributed by atoms with Gasteiger partial charge in [0.25, 0.3) is 0 Å². The summed E-state index contributed by atoms with van der Waals surface area (Å²) < 4.78 is 5.93. The minimum absolute atomic E-state index is 0.00704. The molecule has 0 heterocycles. The topological polar surface area (TPSA) is 55.5 Å². The predicted octanol–water partition coefficient (Wildman–Crippen LogP) is 2.78. The molecule has 0 saturated heterocycles. The molecule has 0 spiro atoms. The zero-order chi connectivity index (χ0) is 13.0. The number of rotatable bonds is 3. The van der Waals surface area contributed by atoms with Gasteiger partial charge in [-0.15, -0.1) is 0 Å². The molecule has 3 atom stereocenters. The van der Waals surface area contributed by atoms with Crippen molar-refractivity contribution in [1.82, 2.24) is 0 Å². The molecule has 0 radical (unpaired) electrons. The number of aliphatic hydroxyl groups excluding tert-OH is 1. The summed E-state index contributed by atoms with van der Waals surface area (Å²) >= 11 is 0. The molecule has 1 saturated carbocycles. The predicted molar refractivity (Wildman–Crippen MR) is 72.6 cm³/mol. The lowest BCUT2D eigenvalue weighted by atomic mass is 10.1. The molecule has 1 fully saturated rings. The zero-order valence-corrected chi connectivity index (χ0v) is 11.0. The average molecular weight is 249 g/mol. The van der Waals surface area contributed by atoms with Crippen LogP contribution in [0.25, 0.3) is 0 Å². The van der Waals surface area contributed by atoms with E-state index in [1.807, 2.05) is 31.2 Å². The number of aliphatic hydroxyl groups is 1. The van der Waals surface area contributed by atoms with Gasteiger partial charge in [0.05, 0.1) is 6.10 Å². The molecule has 1 aliphatic carbocycles. The molecule has 100 valence electrons. The Kier molecular flexibility index (Phi) is 4.61. The summed E-state index contributed by atoms with van der Waals surface area (Å²) in [5, 5.41) is 10.0. The molecular formula is C15H23NO2. The molecule has 3 heteroatoms. The first-order valence-electron chi connectivity index (χ1n) is 6.87. The summed E-state index contributed by atoms with van der Waals surface area (Å²) in [5.74, 6) is 0.816. The second-order valence-electron chi connectivity index (χ2n) is 5.22. The van der Waals surface area contributed by atoms with Crippen LogP contribution in [0, 0.1) is 0 Å². The molecule has 0 amide bonds. The molecule has 2 rings (SSSR count). The summed E-state index contributed by atoms with van der Waals surface area (Å²) in [5.41, 5.74) is 6.93. The van der Waals surface area contributed by atoms with Gasteiger partial charge in [-0.1, -0.05) is 25.0 Å². The van der Waals surface area contributed by atoms with E-state index in [1.54, 1.807) is 0 Å². The number of hydrogen-bond donors (Lipinski definition) is 2. The van der Waals surface area contributed by atoms with Crippen LogP contribution in [0.15, 0.2) is 24.3 Å². The molecule has 1 aromatic carbocycles. The van der Waals surface area contributed by atoms with Crippen molar-refractivity contribution in [1.29, 1.82) is 0 Å². The van der Waals surface area contributed by atoms with Crippen molar-refractivity contribution in [3.05, 3.63) is 29.8 Å². The Hall–Kier alpha value is -1.06. The fourth-order valence-corrected chi connectivity index (χ4v) is 2.44. The van der Waals surface area contributed by atoms with Gasteiger partial charge in [-0.25, -0.2) is 0 Å². The van der Waals surface area contributed by atoms with Crippen molar-refractivity contribution in [2.45, 2.75) is 57.3 Å². The number of ether oxygens (including phenoxy) is 1. The Balaban J connectivity index is 2.05. The van der Waals surface area contributed by atoms with E-state index < -0.39 is 0 Å². The van der Waals surface area contributed by atoms with Gasteiger partial charge in [0.1, 0.15) is 11.9 Å². The van der Waals surface area contributed by atoms with Crippen molar-refractivity contribution < 1.29 is 9.84 Å². The molecule has 2 unspecified atom stereocenters. The van der Waals surface area contributed by atoms with Crippen LogP contribution in [-0.2, 0) is 0 Å². The van der Waals surface area contributed by atoms with Gasteiger partial charge < -0.3 is 15.6 Å². The standard InChI is InChI=1S/C15H23NO2/c1-11(16)12-6-5-7-13(10-12)18-15-9-4-2-3-8-14(15)17/h5-7,10-11,14-15,17H,2-4,8-9,16H2,1H3/t11-,14?,15?/m1/s1. The highest BCUT2D eigenvalue weighted by atomic mass is 16.5. The molecule has 18 heavy (non-hydrogen) atoms. The van der Waals surface area contributed by atoms with Crippen molar-refractivity contribution >= 4 is 0 Å². The fourth-order valence-electron chi connectivity index (χ4n) is 2.44. The SMILES string of the molecule is C[C@@H](N)c1cccc(OC2CCCCCC2O)c1.